The molecule has 0 aliphatic carbocycles. The fraction of sp³-hybridized carbons (Fsp3) is 0.381. The molecule has 0 atom stereocenters. The van der Waals surface area contributed by atoms with Gasteiger partial charge in [0.25, 0.3) is 0 Å². The van der Waals surface area contributed by atoms with E-state index in [9.17, 15) is 17.6 Å². The summed E-state index contributed by atoms with van der Waals surface area (Å²) in [7, 11) is -3.56. The summed E-state index contributed by atoms with van der Waals surface area (Å²) in [4.78, 5) is 12.7. The number of aryl methyl sites for hydroxylation is 2. The minimum Gasteiger partial charge on any atom is -0.352 e. The summed E-state index contributed by atoms with van der Waals surface area (Å²) in [6.07, 6.45) is 0.903. The molecule has 3 rings (SSSR count). The lowest BCUT2D eigenvalue weighted by Gasteiger charge is -2.30. The maximum absolute atomic E-state index is 13.7. The Labute approximate surface area is 165 Å². The van der Waals surface area contributed by atoms with Gasteiger partial charge in [-0.3, -0.25) is 4.79 Å². The highest BCUT2D eigenvalue weighted by atomic mass is 32.2. The number of sulfonamides is 1. The quantitative estimate of drug-likeness (QED) is 0.833. The molecule has 2 aromatic rings. The van der Waals surface area contributed by atoms with Crippen molar-refractivity contribution in [3.8, 4) is 0 Å². The van der Waals surface area contributed by atoms with Gasteiger partial charge in [-0.2, -0.15) is 4.31 Å². The number of nitrogens with zero attached hydrogens (tertiary/aromatic N) is 1. The Morgan fingerprint density at radius 1 is 1.11 bits per heavy atom. The first kappa shape index (κ1) is 20.5. The highest BCUT2D eigenvalue weighted by Crippen LogP contribution is 2.25. The molecule has 0 spiro atoms. The van der Waals surface area contributed by atoms with Crippen LogP contribution < -0.4 is 5.32 Å². The van der Waals surface area contributed by atoms with E-state index in [1.165, 1.54) is 10.4 Å². The van der Waals surface area contributed by atoms with Gasteiger partial charge in [0.1, 0.15) is 5.82 Å². The van der Waals surface area contributed by atoms with Crippen LogP contribution >= 0.6 is 0 Å². The van der Waals surface area contributed by atoms with E-state index in [4.69, 9.17) is 0 Å². The summed E-state index contributed by atoms with van der Waals surface area (Å²) in [5, 5.41) is 2.76. The van der Waals surface area contributed by atoms with Gasteiger partial charge in [0.15, 0.2) is 0 Å². The minimum absolute atomic E-state index is 0.132. The number of amides is 1. The van der Waals surface area contributed by atoms with Gasteiger partial charge in [0.2, 0.25) is 15.9 Å². The second-order valence-corrected chi connectivity index (χ2v) is 9.17. The van der Waals surface area contributed by atoms with Crippen molar-refractivity contribution < 1.29 is 17.6 Å². The summed E-state index contributed by atoms with van der Waals surface area (Å²) in [5.41, 5.74) is 2.42. The zero-order valence-electron chi connectivity index (χ0n) is 16.1. The van der Waals surface area contributed by atoms with Crippen LogP contribution in [0.15, 0.2) is 47.4 Å². The van der Waals surface area contributed by atoms with Crippen LogP contribution in [-0.4, -0.2) is 31.7 Å². The normalized spacial score (nSPS) is 16.1. The molecule has 1 aliphatic rings. The van der Waals surface area contributed by atoms with Gasteiger partial charge in [-0.05, 0) is 56.0 Å². The number of benzene rings is 2. The predicted molar refractivity (Wildman–Crippen MR) is 106 cm³/mol. The Kier molecular flexibility index (Phi) is 6.15. The first-order valence-electron chi connectivity index (χ1n) is 9.37. The molecule has 1 amide bonds. The van der Waals surface area contributed by atoms with E-state index in [0.29, 0.717) is 31.5 Å². The van der Waals surface area contributed by atoms with Crippen molar-refractivity contribution in [1.29, 1.82) is 0 Å². The molecule has 0 radical (unpaired) electrons. The van der Waals surface area contributed by atoms with E-state index in [-0.39, 0.29) is 29.1 Å². The van der Waals surface area contributed by atoms with E-state index in [1.54, 1.807) is 30.3 Å². The van der Waals surface area contributed by atoms with Gasteiger partial charge < -0.3 is 5.32 Å². The van der Waals surface area contributed by atoms with Crippen LogP contribution in [-0.2, 0) is 21.4 Å². The summed E-state index contributed by atoms with van der Waals surface area (Å²) in [6, 6.07) is 11.5. The van der Waals surface area contributed by atoms with Crippen LogP contribution in [0.3, 0.4) is 0 Å². The second-order valence-electron chi connectivity index (χ2n) is 7.23. The molecule has 1 N–H and O–H groups in total. The molecular weight excluding hydrogens is 379 g/mol. The average Bonchev–Trinajstić information content (AvgIpc) is 2.69. The van der Waals surface area contributed by atoms with E-state index < -0.39 is 10.0 Å². The Hall–Kier alpha value is -2.25. The third kappa shape index (κ3) is 4.42. The maximum atomic E-state index is 13.7. The Morgan fingerprint density at radius 2 is 1.79 bits per heavy atom. The van der Waals surface area contributed by atoms with Crippen molar-refractivity contribution in [3.05, 3.63) is 65.0 Å². The Morgan fingerprint density at radius 3 is 2.43 bits per heavy atom. The summed E-state index contributed by atoms with van der Waals surface area (Å²) in [6.45, 7) is 4.56. The topological polar surface area (TPSA) is 66.5 Å². The molecule has 7 heteroatoms. The predicted octanol–water partition coefficient (Wildman–Crippen LogP) is 3.16. The fourth-order valence-corrected chi connectivity index (χ4v) is 4.91. The Bertz CT molecular complexity index is 967. The van der Waals surface area contributed by atoms with Gasteiger partial charge >= 0.3 is 0 Å². The number of carbonyl (C=O) groups excluding carboxylic acids is 1. The molecule has 0 saturated carbocycles. The largest absolute Gasteiger partial charge is 0.352 e. The van der Waals surface area contributed by atoms with Crippen molar-refractivity contribution in [2.75, 3.05) is 13.1 Å². The van der Waals surface area contributed by atoms with Crippen molar-refractivity contribution in [3.63, 3.8) is 0 Å². The molecule has 0 unspecified atom stereocenters. The van der Waals surface area contributed by atoms with E-state index >= 15 is 0 Å². The van der Waals surface area contributed by atoms with E-state index in [2.05, 4.69) is 5.32 Å². The highest BCUT2D eigenvalue weighted by Gasteiger charge is 2.32. The summed E-state index contributed by atoms with van der Waals surface area (Å²) < 4.78 is 40.8. The van der Waals surface area contributed by atoms with Crippen LogP contribution in [0.5, 0.6) is 0 Å². The van der Waals surface area contributed by atoms with Gasteiger partial charge in [0.05, 0.1) is 4.90 Å². The number of carbonyl (C=O) groups is 1. The fourth-order valence-electron chi connectivity index (χ4n) is 3.35. The third-order valence-electron chi connectivity index (χ3n) is 5.35. The van der Waals surface area contributed by atoms with Gasteiger partial charge in [-0.1, -0.05) is 24.3 Å². The van der Waals surface area contributed by atoms with Gasteiger partial charge in [0, 0.05) is 31.1 Å². The maximum Gasteiger partial charge on any atom is 0.243 e. The molecule has 1 saturated heterocycles. The number of hydrogen-bond acceptors (Lipinski definition) is 3. The van der Waals surface area contributed by atoms with Crippen LogP contribution in [0.2, 0.25) is 0 Å². The lowest BCUT2D eigenvalue weighted by atomic mass is 9.97. The van der Waals surface area contributed by atoms with E-state index in [1.807, 2.05) is 19.9 Å². The first-order chi connectivity index (χ1) is 13.3. The lowest BCUT2D eigenvalue weighted by Crippen LogP contribution is -2.42. The molecule has 150 valence electrons. The zero-order valence-corrected chi connectivity index (χ0v) is 16.9. The van der Waals surface area contributed by atoms with Crippen molar-refractivity contribution in [2.45, 2.75) is 38.1 Å². The zero-order chi connectivity index (χ0) is 20.3. The van der Waals surface area contributed by atoms with Crippen molar-refractivity contribution >= 4 is 15.9 Å². The summed E-state index contributed by atoms with van der Waals surface area (Å²) in [5.74, 6) is -0.776. The lowest BCUT2D eigenvalue weighted by molar-refractivity contribution is -0.126. The number of nitrogens with one attached hydrogen (secondary N) is 1. The van der Waals surface area contributed by atoms with Crippen molar-refractivity contribution in [2.24, 2.45) is 5.92 Å². The molecule has 28 heavy (non-hydrogen) atoms. The molecule has 0 bridgehead atoms. The smallest absolute Gasteiger partial charge is 0.243 e. The molecule has 1 heterocycles. The van der Waals surface area contributed by atoms with Gasteiger partial charge in [-0.25, -0.2) is 12.8 Å². The number of hydrogen-bond donors (Lipinski definition) is 1. The average molecular weight is 405 g/mol. The minimum atomic E-state index is -3.56. The molecule has 1 aliphatic heterocycles. The Balaban J connectivity index is 1.58. The molecular formula is C21H25FN2O3S. The van der Waals surface area contributed by atoms with E-state index in [0.717, 1.165) is 11.1 Å². The molecule has 0 aromatic heterocycles. The third-order valence-corrected chi connectivity index (χ3v) is 7.25. The second kappa shape index (κ2) is 8.41. The SMILES string of the molecule is Cc1ccc(S(=O)(=O)N2CCC(C(=O)NCc3ccccc3F)CC2)cc1C. The van der Waals surface area contributed by atoms with Crippen molar-refractivity contribution in [1.82, 2.24) is 9.62 Å². The monoisotopic (exact) mass is 404 g/mol. The highest BCUT2D eigenvalue weighted by molar-refractivity contribution is 7.89. The van der Waals surface area contributed by atoms with Gasteiger partial charge in [-0.15, -0.1) is 0 Å². The standard InChI is InChI=1S/C21H25FN2O3S/c1-15-7-8-19(13-16(15)2)28(26,27)24-11-9-17(10-12-24)21(25)23-14-18-5-3-4-6-20(18)22/h3-8,13,17H,9-12,14H2,1-2H3,(H,23,25). The van der Waals surface area contributed by atoms with Crippen LogP contribution in [0.4, 0.5) is 4.39 Å². The van der Waals surface area contributed by atoms with Crippen LogP contribution in [0.1, 0.15) is 29.5 Å². The number of halogens is 1. The molecule has 1 fully saturated rings. The summed E-state index contributed by atoms with van der Waals surface area (Å²) >= 11 is 0. The molecule has 2 aromatic carbocycles. The van der Waals surface area contributed by atoms with Crippen LogP contribution in [0.25, 0.3) is 0 Å². The first-order valence-corrected chi connectivity index (χ1v) is 10.8. The number of rotatable bonds is 5. The molecule has 5 nitrogen and oxygen atoms in total. The van der Waals surface area contributed by atoms with Crippen LogP contribution in [0, 0.1) is 25.6 Å². The number of piperidine rings is 1.